The molecule has 1 atom stereocenters. The van der Waals surface area contributed by atoms with Gasteiger partial charge in [-0.2, -0.15) is 0 Å². The molecule has 0 amide bonds. The average Bonchev–Trinajstić information content (AvgIpc) is 2.81. The Bertz CT molecular complexity index is 251. The van der Waals surface area contributed by atoms with Crippen LogP contribution in [-0.2, 0) is 6.42 Å². The second kappa shape index (κ2) is 4.65. The minimum atomic E-state index is 0.610. The first-order valence-electron chi connectivity index (χ1n) is 5.64. The monoisotopic (exact) mass is 193 g/mol. The predicted octanol–water partition coefficient (Wildman–Crippen LogP) is 2.60. The fraction of sp³-hybridized carbons (Fsp3) is 0.667. The highest BCUT2D eigenvalue weighted by atomic mass is 16.3. The summed E-state index contributed by atoms with van der Waals surface area (Å²) < 4.78 is 5.37. The molecule has 1 heterocycles. The first-order chi connectivity index (χ1) is 6.88. The predicted molar refractivity (Wildman–Crippen MR) is 57.2 cm³/mol. The van der Waals surface area contributed by atoms with Gasteiger partial charge in [-0.05, 0) is 31.0 Å². The van der Waals surface area contributed by atoms with Crippen LogP contribution in [0.5, 0.6) is 0 Å². The van der Waals surface area contributed by atoms with Crippen molar-refractivity contribution in [1.29, 1.82) is 0 Å². The third-order valence-corrected chi connectivity index (χ3v) is 2.84. The van der Waals surface area contributed by atoms with Gasteiger partial charge < -0.3 is 9.73 Å². The lowest BCUT2D eigenvalue weighted by Crippen LogP contribution is -2.31. The van der Waals surface area contributed by atoms with Crippen LogP contribution in [0.2, 0.25) is 0 Å². The molecular formula is C12H19NO. The second-order valence-electron chi connectivity index (χ2n) is 4.22. The summed E-state index contributed by atoms with van der Waals surface area (Å²) in [4.78, 5) is 0. The Kier molecular flexibility index (Phi) is 3.25. The van der Waals surface area contributed by atoms with Crippen LogP contribution in [0.25, 0.3) is 0 Å². The molecule has 2 heteroatoms. The molecular weight excluding hydrogens is 174 g/mol. The molecule has 1 unspecified atom stereocenters. The minimum absolute atomic E-state index is 0.610. The van der Waals surface area contributed by atoms with E-state index in [9.17, 15) is 0 Å². The maximum Gasteiger partial charge on any atom is 0.105 e. The maximum absolute atomic E-state index is 5.37. The molecule has 1 aliphatic rings. The van der Waals surface area contributed by atoms with Crippen molar-refractivity contribution >= 4 is 0 Å². The van der Waals surface area contributed by atoms with Crippen molar-refractivity contribution in [3.63, 3.8) is 0 Å². The number of hydrogen-bond donors (Lipinski definition) is 1. The minimum Gasteiger partial charge on any atom is -0.469 e. The van der Waals surface area contributed by atoms with Gasteiger partial charge in [0.05, 0.1) is 6.26 Å². The molecule has 1 aromatic heterocycles. The van der Waals surface area contributed by atoms with E-state index in [4.69, 9.17) is 4.42 Å². The highest BCUT2D eigenvalue weighted by molar-refractivity contribution is 5.01. The van der Waals surface area contributed by atoms with Crippen LogP contribution in [0.3, 0.4) is 0 Å². The first-order valence-corrected chi connectivity index (χ1v) is 5.64. The molecule has 0 aromatic carbocycles. The van der Waals surface area contributed by atoms with Crippen LogP contribution in [0.15, 0.2) is 22.8 Å². The third kappa shape index (κ3) is 2.88. The zero-order valence-corrected chi connectivity index (χ0v) is 8.83. The van der Waals surface area contributed by atoms with Crippen molar-refractivity contribution in [2.75, 3.05) is 6.54 Å². The summed E-state index contributed by atoms with van der Waals surface area (Å²) in [7, 11) is 0. The molecule has 1 fully saturated rings. The van der Waals surface area contributed by atoms with Crippen molar-refractivity contribution in [2.24, 2.45) is 5.92 Å². The third-order valence-electron chi connectivity index (χ3n) is 2.84. The Morgan fingerprint density at radius 2 is 2.43 bits per heavy atom. The summed E-state index contributed by atoms with van der Waals surface area (Å²) in [6.45, 7) is 3.22. The van der Waals surface area contributed by atoms with Crippen LogP contribution < -0.4 is 5.32 Å². The lowest BCUT2D eigenvalue weighted by atomic mass is 10.1. The highest BCUT2D eigenvalue weighted by Crippen LogP contribution is 2.34. The average molecular weight is 193 g/mol. The van der Waals surface area contributed by atoms with Crippen LogP contribution >= 0.6 is 0 Å². The van der Waals surface area contributed by atoms with E-state index in [0.29, 0.717) is 6.04 Å². The number of likely N-dealkylation sites (N-methyl/N-ethyl adjacent to an activating group) is 1. The number of rotatable bonds is 6. The standard InChI is InChI=1S/C12H19NO/c1-2-13-11(8-10-5-6-10)9-12-4-3-7-14-12/h3-4,7,10-11,13H,2,5-6,8-9H2,1H3. The second-order valence-corrected chi connectivity index (χ2v) is 4.22. The molecule has 1 N–H and O–H groups in total. The topological polar surface area (TPSA) is 25.2 Å². The van der Waals surface area contributed by atoms with Gasteiger partial charge in [-0.3, -0.25) is 0 Å². The van der Waals surface area contributed by atoms with Gasteiger partial charge in [-0.1, -0.05) is 19.8 Å². The summed E-state index contributed by atoms with van der Waals surface area (Å²) in [6, 6.07) is 4.64. The van der Waals surface area contributed by atoms with Gasteiger partial charge in [0, 0.05) is 12.5 Å². The summed E-state index contributed by atoms with van der Waals surface area (Å²) in [5.41, 5.74) is 0. The summed E-state index contributed by atoms with van der Waals surface area (Å²) >= 11 is 0. The highest BCUT2D eigenvalue weighted by Gasteiger charge is 2.25. The summed E-state index contributed by atoms with van der Waals surface area (Å²) in [5.74, 6) is 2.09. The van der Waals surface area contributed by atoms with Crippen LogP contribution in [0.4, 0.5) is 0 Å². The van der Waals surface area contributed by atoms with Gasteiger partial charge >= 0.3 is 0 Å². The lowest BCUT2D eigenvalue weighted by molar-refractivity contribution is 0.417. The van der Waals surface area contributed by atoms with Gasteiger partial charge in [-0.15, -0.1) is 0 Å². The Labute approximate surface area is 85.7 Å². The fourth-order valence-corrected chi connectivity index (χ4v) is 1.96. The molecule has 0 spiro atoms. The molecule has 2 nitrogen and oxygen atoms in total. The van der Waals surface area contributed by atoms with Crippen molar-refractivity contribution in [1.82, 2.24) is 5.32 Å². The van der Waals surface area contributed by atoms with Crippen molar-refractivity contribution in [2.45, 2.75) is 38.6 Å². The maximum atomic E-state index is 5.37. The number of hydrogen-bond acceptors (Lipinski definition) is 2. The Hall–Kier alpha value is -0.760. The number of nitrogens with one attached hydrogen (secondary N) is 1. The van der Waals surface area contributed by atoms with E-state index in [2.05, 4.69) is 18.3 Å². The molecule has 1 saturated carbocycles. The van der Waals surface area contributed by atoms with E-state index >= 15 is 0 Å². The van der Waals surface area contributed by atoms with Crippen LogP contribution in [-0.4, -0.2) is 12.6 Å². The molecule has 0 aliphatic heterocycles. The normalized spacial score (nSPS) is 18.4. The zero-order chi connectivity index (χ0) is 9.80. The van der Waals surface area contributed by atoms with Gasteiger partial charge in [0.15, 0.2) is 0 Å². The molecule has 14 heavy (non-hydrogen) atoms. The molecule has 1 aromatic rings. The Morgan fingerprint density at radius 3 is 3.00 bits per heavy atom. The zero-order valence-electron chi connectivity index (χ0n) is 8.83. The lowest BCUT2D eigenvalue weighted by Gasteiger charge is -2.15. The fourth-order valence-electron chi connectivity index (χ4n) is 1.96. The van der Waals surface area contributed by atoms with E-state index in [1.807, 2.05) is 6.07 Å². The van der Waals surface area contributed by atoms with Gasteiger partial charge in [0.2, 0.25) is 0 Å². The molecule has 0 bridgehead atoms. The van der Waals surface area contributed by atoms with Crippen LogP contribution in [0.1, 0.15) is 31.9 Å². The molecule has 0 radical (unpaired) electrons. The van der Waals surface area contributed by atoms with Crippen molar-refractivity contribution in [3.05, 3.63) is 24.2 Å². The van der Waals surface area contributed by atoms with E-state index in [1.165, 1.54) is 19.3 Å². The number of furan rings is 1. The smallest absolute Gasteiger partial charge is 0.105 e. The van der Waals surface area contributed by atoms with Crippen molar-refractivity contribution < 1.29 is 4.42 Å². The summed E-state index contributed by atoms with van der Waals surface area (Å²) in [5, 5.41) is 3.53. The molecule has 2 rings (SSSR count). The van der Waals surface area contributed by atoms with Gasteiger partial charge in [-0.25, -0.2) is 0 Å². The Balaban J connectivity index is 1.82. The van der Waals surface area contributed by atoms with E-state index < -0.39 is 0 Å². The quantitative estimate of drug-likeness (QED) is 0.751. The molecule has 1 aliphatic carbocycles. The van der Waals surface area contributed by atoms with Crippen LogP contribution in [0, 0.1) is 5.92 Å². The van der Waals surface area contributed by atoms with E-state index in [1.54, 1.807) is 6.26 Å². The Morgan fingerprint density at radius 1 is 1.57 bits per heavy atom. The van der Waals surface area contributed by atoms with Gasteiger partial charge in [0.1, 0.15) is 5.76 Å². The molecule has 78 valence electrons. The van der Waals surface area contributed by atoms with E-state index in [0.717, 1.165) is 24.6 Å². The largest absolute Gasteiger partial charge is 0.469 e. The SMILES string of the molecule is CCNC(Cc1ccco1)CC1CC1. The van der Waals surface area contributed by atoms with Crippen molar-refractivity contribution in [3.8, 4) is 0 Å². The van der Waals surface area contributed by atoms with Gasteiger partial charge in [0.25, 0.3) is 0 Å². The summed E-state index contributed by atoms with van der Waals surface area (Å²) in [6.07, 6.45) is 6.97. The molecule has 0 saturated heterocycles. The van der Waals surface area contributed by atoms with E-state index in [-0.39, 0.29) is 0 Å². The first kappa shape index (κ1) is 9.78.